The number of fused-ring (bicyclic) bond motifs is 1. The molecule has 0 spiro atoms. The SMILES string of the molecule is O=[N+]([O-])c1c(N2CCCN(Cc3ccc(C(F)(F)F)cc3)CC2)nc2ccccn12. The Kier molecular flexibility index (Phi) is 5.33. The molecule has 0 saturated carbocycles. The lowest BCUT2D eigenvalue weighted by Gasteiger charge is -2.21. The number of alkyl halides is 3. The van der Waals surface area contributed by atoms with Gasteiger partial charge >= 0.3 is 12.0 Å². The van der Waals surface area contributed by atoms with E-state index in [4.69, 9.17) is 0 Å². The third-order valence-corrected chi connectivity index (χ3v) is 5.24. The van der Waals surface area contributed by atoms with Gasteiger partial charge in [-0.15, -0.1) is 0 Å². The van der Waals surface area contributed by atoms with Crippen molar-refractivity contribution in [2.24, 2.45) is 0 Å². The van der Waals surface area contributed by atoms with E-state index in [9.17, 15) is 23.3 Å². The third-order valence-electron chi connectivity index (χ3n) is 5.24. The smallest absolute Gasteiger partial charge is 0.358 e. The van der Waals surface area contributed by atoms with E-state index in [-0.39, 0.29) is 5.82 Å². The maximum Gasteiger partial charge on any atom is 0.416 e. The highest BCUT2D eigenvalue weighted by atomic mass is 19.4. The molecule has 1 fully saturated rings. The van der Waals surface area contributed by atoms with Gasteiger partial charge in [0.25, 0.3) is 0 Å². The molecule has 3 heterocycles. The van der Waals surface area contributed by atoms with Gasteiger partial charge in [0.2, 0.25) is 11.5 Å². The summed E-state index contributed by atoms with van der Waals surface area (Å²) in [5.41, 5.74) is 0.660. The minimum Gasteiger partial charge on any atom is -0.358 e. The van der Waals surface area contributed by atoms with E-state index in [0.717, 1.165) is 30.7 Å². The van der Waals surface area contributed by atoms with E-state index < -0.39 is 16.7 Å². The average Bonchev–Trinajstić information content (AvgIpc) is 2.94. The number of imidazole rings is 1. The molecule has 1 aromatic carbocycles. The summed E-state index contributed by atoms with van der Waals surface area (Å²) in [5.74, 6) is 0.296. The van der Waals surface area contributed by atoms with Gasteiger partial charge in [-0.3, -0.25) is 4.90 Å². The van der Waals surface area contributed by atoms with Gasteiger partial charge in [0, 0.05) is 38.8 Å². The highest BCUT2D eigenvalue weighted by Crippen LogP contribution is 2.31. The minimum absolute atomic E-state index is 0.0539. The molecule has 7 nitrogen and oxygen atoms in total. The maximum absolute atomic E-state index is 12.7. The van der Waals surface area contributed by atoms with Crippen LogP contribution in [-0.4, -0.2) is 45.4 Å². The van der Waals surface area contributed by atoms with Crippen LogP contribution in [0.2, 0.25) is 0 Å². The van der Waals surface area contributed by atoms with E-state index in [0.29, 0.717) is 37.6 Å². The molecule has 0 atom stereocenters. The first-order valence-corrected chi connectivity index (χ1v) is 9.58. The lowest BCUT2D eigenvalue weighted by atomic mass is 10.1. The molecule has 4 rings (SSSR count). The normalized spacial score (nSPS) is 16.0. The fraction of sp³-hybridized carbons (Fsp3) is 0.350. The summed E-state index contributed by atoms with van der Waals surface area (Å²) in [6.07, 6.45) is -1.95. The Bertz CT molecular complexity index is 1050. The number of nitrogens with zero attached hydrogens (tertiary/aromatic N) is 5. The molecule has 30 heavy (non-hydrogen) atoms. The minimum atomic E-state index is -4.34. The van der Waals surface area contributed by atoms with Gasteiger partial charge in [-0.05, 0) is 35.1 Å². The molecule has 1 aliphatic heterocycles. The Hall–Kier alpha value is -3.14. The summed E-state index contributed by atoms with van der Waals surface area (Å²) in [7, 11) is 0. The zero-order chi connectivity index (χ0) is 21.3. The molecule has 0 amide bonds. The van der Waals surface area contributed by atoms with Gasteiger partial charge in [-0.1, -0.05) is 18.2 Å². The van der Waals surface area contributed by atoms with Gasteiger partial charge in [0.1, 0.15) is 0 Å². The first-order valence-electron chi connectivity index (χ1n) is 9.58. The van der Waals surface area contributed by atoms with Crippen LogP contribution in [-0.2, 0) is 12.7 Å². The van der Waals surface area contributed by atoms with Gasteiger partial charge in [0.15, 0.2) is 0 Å². The lowest BCUT2D eigenvalue weighted by Crippen LogP contribution is -2.31. The number of halogens is 3. The maximum atomic E-state index is 12.7. The van der Waals surface area contributed by atoms with E-state index in [1.807, 2.05) is 4.90 Å². The Balaban J connectivity index is 1.48. The van der Waals surface area contributed by atoms with Crippen molar-refractivity contribution in [3.8, 4) is 0 Å². The Morgan fingerprint density at radius 2 is 1.80 bits per heavy atom. The van der Waals surface area contributed by atoms with Crippen molar-refractivity contribution in [3.05, 3.63) is 69.9 Å². The number of benzene rings is 1. The second kappa shape index (κ2) is 7.94. The number of pyridine rings is 1. The van der Waals surface area contributed by atoms with Crippen LogP contribution in [0.5, 0.6) is 0 Å². The van der Waals surface area contributed by atoms with E-state index in [1.165, 1.54) is 16.5 Å². The zero-order valence-electron chi connectivity index (χ0n) is 16.0. The Morgan fingerprint density at radius 1 is 1.03 bits per heavy atom. The number of aromatic nitrogens is 2. The van der Waals surface area contributed by atoms with Gasteiger partial charge in [-0.2, -0.15) is 22.6 Å². The standard InChI is InChI=1S/C20H20F3N5O2/c21-20(22,23)16-7-5-15(6-8-16)14-25-9-3-10-26(13-12-25)18-19(28(29)30)27-11-2-1-4-17(27)24-18/h1-2,4-8,11H,3,9-10,12-14H2. The van der Waals surface area contributed by atoms with Gasteiger partial charge in [0.05, 0.1) is 11.8 Å². The van der Waals surface area contributed by atoms with Crippen LogP contribution in [0.1, 0.15) is 17.5 Å². The van der Waals surface area contributed by atoms with Gasteiger partial charge in [-0.25, -0.2) is 0 Å². The number of nitro groups is 1. The molecular formula is C20H20F3N5O2. The Morgan fingerprint density at radius 3 is 2.50 bits per heavy atom. The molecule has 1 aliphatic rings. The summed E-state index contributed by atoms with van der Waals surface area (Å²) in [6.45, 7) is 3.07. The van der Waals surface area contributed by atoms with E-state index >= 15 is 0 Å². The van der Waals surface area contributed by atoms with Crippen LogP contribution < -0.4 is 4.90 Å². The van der Waals surface area contributed by atoms with Gasteiger partial charge < -0.3 is 15.0 Å². The summed E-state index contributed by atoms with van der Waals surface area (Å²) in [4.78, 5) is 19.8. The number of anilines is 1. The molecule has 10 heteroatoms. The molecule has 0 radical (unpaired) electrons. The molecular weight excluding hydrogens is 399 g/mol. The summed E-state index contributed by atoms with van der Waals surface area (Å²) < 4.78 is 39.7. The predicted molar refractivity (Wildman–Crippen MR) is 105 cm³/mol. The molecule has 0 bridgehead atoms. The zero-order valence-corrected chi connectivity index (χ0v) is 16.0. The molecule has 3 aromatic rings. The van der Waals surface area contributed by atoms with Crippen LogP contribution in [0.3, 0.4) is 0 Å². The summed E-state index contributed by atoms with van der Waals surface area (Å²) in [6, 6.07) is 10.4. The fourth-order valence-electron chi connectivity index (χ4n) is 3.75. The molecule has 2 aromatic heterocycles. The molecule has 0 aliphatic carbocycles. The average molecular weight is 419 g/mol. The van der Waals surface area contributed by atoms with Crippen LogP contribution in [0, 0.1) is 10.1 Å². The summed E-state index contributed by atoms with van der Waals surface area (Å²) in [5, 5.41) is 11.7. The number of hydrogen-bond acceptors (Lipinski definition) is 5. The summed E-state index contributed by atoms with van der Waals surface area (Å²) >= 11 is 0. The van der Waals surface area contributed by atoms with Crippen molar-refractivity contribution >= 4 is 17.3 Å². The highest BCUT2D eigenvalue weighted by Gasteiger charge is 2.30. The predicted octanol–water partition coefficient (Wildman–Crippen LogP) is 3.97. The lowest BCUT2D eigenvalue weighted by molar-refractivity contribution is -0.389. The largest absolute Gasteiger partial charge is 0.416 e. The monoisotopic (exact) mass is 419 g/mol. The molecule has 158 valence electrons. The second-order valence-electron chi connectivity index (χ2n) is 7.26. The van der Waals surface area contributed by atoms with Crippen LogP contribution >= 0.6 is 0 Å². The highest BCUT2D eigenvalue weighted by molar-refractivity contribution is 5.63. The number of hydrogen-bond donors (Lipinski definition) is 0. The number of rotatable bonds is 4. The van der Waals surface area contributed by atoms with Crippen LogP contribution in [0.25, 0.3) is 5.65 Å². The van der Waals surface area contributed by atoms with E-state index in [2.05, 4.69) is 9.88 Å². The van der Waals surface area contributed by atoms with Crippen molar-refractivity contribution in [1.82, 2.24) is 14.3 Å². The van der Waals surface area contributed by atoms with E-state index in [1.54, 1.807) is 24.4 Å². The molecule has 0 N–H and O–H groups in total. The first-order chi connectivity index (χ1) is 14.3. The van der Waals surface area contributed by atoms with Crippen molar-refractivity contribution in [2.75, 3.05) is 31.1 Å². The molecule has 1 saturated heterocycles. The topological polar surface area (TPSA) is 66.9 Å². The van der Waals surface area contributed by atoms with Crippen molar-refractivity contribution in [1.29, 1.82) is 0 Å². The van der Waals surface area contributed by atoms with Crippen LogP contribution in [0.4, 0.5) is 24.8 Å². The van der Waals surface area contributed by atoms with Crippen molar-refractivity contribution in [3.63, 3.8) is 0 Å². The van der Waals surface area contributed by atoms with Crippen molar-refractivity contribution < 1.29 is 18.1 Å². The molecule has 0 unspecified atom stereocenters. The first kappa shape index (κ1) is 20.1. The quantitative estimate of drug-likeness (QED) is 0.473. The fourth-order valence-corrected chi connectivity index (χ4v) is 3.75. The third kappa shape index (κ3) is 4.09. The van der Waals surface area contributed by atoms with Crippen molar-refractivity contribution in [2.45, 2.75) is 19.1 Å². The van der Waals surface area contributed by atoms with Crippen LogP contribution in [0.15, 0.2) is 48.7 Å². The Labute approximate surface area is 170 Å². The second-order valence-corrected chi connectivity index (χ2v) is 7.26.